The van der Waals surface area contributed by atoms with Crippen molar-refractivity contribution in [2.75, 3.05) is 13.1 Å². The number of amides is 1. The summed E-state index contributed by atoms with van der Waals surface area (Å²) in [7, 11) is 0. The maximum atomic E-state index is 11.2. The fourth-order valence-electron chi connectivity index (χ4n) is 2.18. The van der Waals surface area contributed by atoms with Gasteiger partial charge in [-0.1, -0.05) is 23.8 Å². The average molecular weight is 292 g/mol. The zero-order valence-corrected chi connectivity index (χ0v) is 13.1. The molecule has 1 aromatic rings. The monoisotopic (exact) mass is 292 g/mol. The summed E-state index contributed by atoms with van der Waals surface area (Å²) in [5.74, 6) is -0.966. The predicted octanol–water partition coefficient (Wildman–Crippen LogP) is 1.71. The molecule has 0 aliphatic rings. The molecule has 1 amide bonds. The van der Waals surface area contributed by atoms with Gasteiger partial charge in [0.2, 0.25) is 5.91 Å². The largest absolute Gasteiger partial charge is 0.480 e. The highest BCUT2D eigenvalue weighted by atomic mass is 16.4. The predicted molar refractivity (Wildman–Crippen MR) is 82.1 cm³/mol. The van der Waals surface area contributed by atoms with Crippen LogP contribution in [0.25, 0.3) is 0 Å². The van der Waals surface area contributed by atoms with Crippen LogP contribution < -0.4 is 5.32 Å². The Morgan fingerprint density at radius 3 is 2.52 bits per heavy atom. The number of carbonyl (C=O) groups excluding carboxylic acids is 1. The summed E-state index contributed by atoms with van der Waals surface area (Å²) < 4.78 is 0. The van der Waals surface area contributed by atoms with E-state index < -0.39 is 12.0 Å². The molecule has 0 aromatic heterocycles. The third-order valence-electron chi connectivity index (χ3n) is 3.55. The van der Waals surface area contributed by atoms with Gasteiger partial charge < -0.3 is 10.4 Å². The molecular formula is C16H24N2O3. The van der Waals surface area contributed by atoms with E-state index in [0.717, 1.165) is 11.1 Å². The first-order valence-electron chi connectivity index (χ1n) is 7.08. The highest BCUT2D eigenvalue weighted by molar-refractivity contribution is 5.73. The van der Waals surface area contributed by atoms with Gasteiger partial charge in [0, 0.05) is 26.6 Å². The van der Waals surface area contributed by atoms with E-state index in [1.165, 1.54) is 12.5 Å². The number of rotatable bonds is 7. The lowest BCUT2D eigenvalue weighted by molar-refractivity contribution is -0.142. The molecule has 0 heterocycles. The number of benzene rings is 1. The minimum Gasteiger partial charge on any atom is -0.480 e. The number of hydrogen-bond donors (Lipinski definition) is 2. The van der Waals surface area contributed by atoms with Crippen LogP contribution in [-0.4, -0.2) is 41.0 Å². The summed E-state index contributed by atoms with van der Waals surface area (Å²) in [6, 6.07) is 5.55. The number of carbonyl (C=O) groups is 2. The van der Waals surface area contributed by atoms with Crippen LogP contribution in [0.4, 0.5) is 0 Å². The Hall–Kier alpha value is -1.88. The number of carboxylic acids is 1. The van der Waals surface area contributed by atoms with Gasteiger partial charge in [-0.25, -0.2) is 0 Å². The smallest absolute Gasteiger partial charge is 0.320 e. The van der Waals surface area contributed by atoms with E-state index in [0.29, 0.717) is 19.6 Å². The maximum Gasteiger partial charge on any atom is 0.320 e. The first-order chi connectivity index (χ1) is 9.81. The van der Waals surface area contributed by atoms with Crippen LogP contribution in [0.2, 0.25) is 0 Å². The molecule has 116 valence electrons. The molecule has 0 aliphatic heterocycles. The van der Waals surface area contributed by atoms with Crippen molar-refractivity contribution in [3.05, 3.63) is 34.9 Å². The molecule has 5 heteroatoms. The van der Waals surface area contributed by atoms with Gasteiger partial charge in [0.15, 0.2) is 0 Å². The molecule has 21 heavy (non-hydrogen) atoms. The molecular weight excluding hydrogens is 268 g/mol. The third-order valence-corrected chi connectivity index (χ3v) is 3.55. The Labute approximate surface area is 126 Å². The van der Waals surface area contributed by atoms with Crippen molar-refractivity contribution in [1.29, 1.82) is 0 Å². The van der Waals surface area contributed by atoms with E-state index in [4.69, 9.17) is 0 Å². The van der Waals surface area contributed by atoms with Crippen LogP contribution in [0.15, 0.2) is 18.2 Å². The zero-order chi connectivity index (χ0) is 16.0. The molecule has 0 spiro atoms. The number of nitrogens with one attached hydrogen (secondary N) is 1. The second-order valence-electron chi connectivity index (χ2n) is 5.40. The third kappa shape index (κ3) is 5.55. The Morgan fingerprint density at radius 1 is 1.33 bits per heavy atom. The molecule has 0 bridgehead atoms. The topological polar surface area (TPSA) is 69.6 Å². The Balaban J connectivity index is 2.80. The molecule has 1 aromatic carbocycles. The van der Waals surface area contributed by atoms with Gasteiger partial charge in [-0.15, -0.1) is 0 Å². The fraction of sp³-hybridized carbons (Fsp3) is 0.500. The van der Waals surface area contributed by atoms with Crippen LogP contribution in [0.5, 0.6) is 0 Å². The van der Waals surface area contributed by atoms with E-state index >= 15 is 0 Å². The first kappa shape index (κ1) is 17.2. The van der Waals surface area contributed by atoms with Crippen molar-refractivity contribution in [3.8, 4) is 0 Å². The minimum atomic E-state index is -0.859. The van der Waals surface area contributed by atoms with Crippen molar-refractivity contribution >= 4 is 11.9 Å². The summed E-state index contributed by atoms with van der Waals surface area (Å²) in [5.41, 5.74) is 3.45. The van der Waals surface area contributed by atoms with Crippen LogP contribution in [-0.2, 0) is 16.1 Å². The molecule has 0 saturated heterocycles. The van der Waals surface area contributed by atoms with Crippen LogP contribution >= 0.6 is 0 Å². The van der Waals surface area contributed by atoms with E-state index in [2.05, 4.69) is 11.4 Å². The number of nitrogens with zero attached hydrogens (tertiary/aromatic N) is 1. The van der Waals surface area contributed by atoms with E-state index in [1.807, 2.05) is 30.9 Å². The van der Waals surface area contributed by atoms with Gasteiger partial charge >= 0.3 is 5.97 Å². The molecule has 0 saturated carbocycles. The van der Waals surface area contributed by atoms with Gasteiger partial charge in [0.25, 0.3) is 0 Å². The Kier molecular flexibility index (Phi) is 6.37. The summed E-state index contributed by atoms with van der Waals surface area (Å²) in [4.78, 5) is 24.0. The molecule has 2 N–H and O–H groups in total. The molecule has 5 nitrogen and oxygen atoms in total. The average Bonchev–Trinajstić information content (AvgIpc) is 2.38. The van der Waals surface area contributed by atoms with Crippen LogP contribution in [0.1, 0.15) is 30.5 Å². The van der Waals surface area contributed by atoms with Crippen molar-refractivity contribution in [3.63, 3.8) is 0 Å². The van der Waals surface area contributed by atoms with Crippen molar-refractivity contribution in [1.82, 2.24) is 10.2 Å². The lowest BCUT2D eigenvalue weighted by Crippen LogP contribution is -2.42. The Morgan fingerprint density at radius 2 is 2.00 bits per heavy atom. The van der Waals surface area contributed by atoms with Crippen LogP contribution in [0.3, 0.4) is 0 Å². The standard InChI is InChI=1S/C16H24N2O3/c1-11-5-6-15(12(2)9-11)10-18(13(3)16(20)21)8-7-17-14(4)19/h5-6,9,13H,7-8,10H2,1-4H3,(H,17,19)(H,20,21). The fourth-order valence-corrected chi connectivity index (χ4v) is 2.18. The van der Waals surface area contributed by atoms with Crippen molar-refractivity contribution in [2.45, 2.75) is 40.3 Å². The maximum absolute atomic E-state index is 11.2. The number of aliphatic carboxylic acids is 1. The van der Waals surface area contributed by atoms with E-state index in [9.17, 15) is 14.7 Å². The van der Waals surface area contributed by atoms with Crippen LogP contribution in [0, 0.1) is 13.8 Å². The molecule has 1 atom stereocenters. The summed E-state index contributed by atoms with van der Waals surface area (Å²) >= 11 is 0. The summed E-state index contributed by atoms with van der Waals surface area (Å²) in [5, 5.41) is 11.9. The molecule has 0 aliphatic carbocycles. The quantitative estimate of drug-likeness (QED) is 0.803. The highest BCUT2D eigenvalue weighted by Crippen LogP contribution is 2.14. The second-order valence-corrected chi connectivity index (χ2v) is 5.40. The summed E-state index contributed by atoms with van der Waals surface area (Å²) in [6.45, 7) is 8.68. The van der Waals surface area contributed by atoms with Gasteiger partial charge in [0.05, 0.1) is 0 Å². The molecule has 0 radical (unpaired) electrons. The van der Waals surface area contributed by atoms with Crippen molar-refractivity contribution < 1.29 is 14.7 Å². The number of hydrogen-bond acceptors (Lipinski definition) is 3. The number of carboxylic acid groups (broad SMARTS) is 1. The lowest BCUT2D eigenvalue weighted by Gasteiger charge is -2.27. The number of aryl methyl sites for hydroxylation is 2. The highest BCUT2D eigenvalue weighted by Gasteiger charge is 2.21. The minimum absolute atomic E-state index is 0.107. The lowest BCUT2D eigenvalue weighted by atomic mass is 10.0. The van der Waals surface area contributed by atoms with E-state index in [1.54, 1.807) is 6.92 Å². The van der Waals surface area contributed by atoms with E-state index in [-0.39, 0.29) is 5.91 Å². The van der Waals surface area contributed by atoms with Crippen molar-refractivity contribution in [2.24, 2.45) is 0 Å². The zero-order valence-electron chi connectivity index (χ0n) is 13.1. The SMILES string of the molecule is CC(=O)NCCN(Cc1ccc(C)cc1C)C(C)C(=O)O. The molecule has 0 fully saturated rings. The molecule has 1 rings (SSSR count). The van der Waals surface area contributed by atoms with Gasteiger partial charge in [-0.05, 0) is 31.9 Å². The van der Waals surface area contributed by atoms with Gasteiger partial charge in [0.1, 0.15) is 6.04 Å². The van der Waals surface area contributed by atoms with Gasteiger partial charge in [-0.2, -0.15) is 0 Å². The van der Waals surface area contributed by atoms with Gasteiger partial charge in [-0.3, -0.25) is 14.5 Å². The Bertz CT molecular complexity index is 514. The first-order valence-corrected chi connectivity index (χ1v) is 7.08. The normalized spacial score (nSPS) is 12.2. The summed E-state index contributed by atoms with van der Waals surface area (Å²) in [6.07, 6.45) is 0. The molecule has 1 unspecified atom stereocenters. The second kappa shape index (κ2) is 7.78.